The van der Waals surface area contributed by atoms with Gasteiger partial charge in [0.25, 0.3) is 5.69 Å². The molecule has 10 nitrogen and oxygen atoms in total. The van der Waals surface area contributed by atoms with Gasteiger partial charge in [-0.05, 0) is 50.0 Å². The van der Waals surface area contributed by atoms with Crippen LogP contribution in [-0.4, -0.2) is 63.3 Å². The van der Waals surface area contributed by atoms with Crippen LogP contribution in [0.5, 0.6) is 0 Å². The molecule has 3 aromatic rings. The van der Waals surface area contributed by atoms with Gasteiger partial charge in [0.2, 0.25) is 15.9 Å². The molecule has 1 heterocycles. The Morgan fingerprint density at radius 2 is 1.70 bits per heavy atom. The van der Waals surface area contributed by atoms with Crippen molar-refractivity contribution < 1.29 is 18.1 Å². The predicted molar refractivity (Wildman–Crippen MR) is 144 cm³/mol. The molecule has 0 radical (unpaired) electrons. The number of hydrogen-bond donors (Lipinski definition) is 1. The monoisotopic (exact) mass is 521 g/mol. The van der Waals surface area contributed by atoms with E-state index < -0.39 is 20.9 Å². The summed E-state index contributed by atoms with van der Waals surface area (Å²) < 4.78 is 26.1. The second-order valence-electron chi connectivity index (χ2n) is 8.97. The fourth-order valence-corrected chi connectivity index (χ4v) is 5.07. The normalized spacial score (nSPS) is 15.4. The van der Waals surface area contributed by atoms with E-state index in [9.17, 15) is 23.3 Å². The van der Waals surface area contributed by atoms with E-state index in [1.807, 2.05) is 49.3 Å². The molecule has 0 saturated carbocycles. The van der Waals surface area contributed by atoms with E-state index in [1.54, 1.807) is 24.3 Å². The number of nitrogens with zero attached hydrogens (tertiary/aromatic N) is 4. The number of likely N-dealkylation sites (N-methyl/N-ethyl adjacent to an activating group) is 1. The maximum Gasteiger partial charge on any atom is 0.269 e. The van der Waals surface area contributed by atoms with Crippen LogP contribution in [0.25, 0.3) is 0 Å². The Labute approximate surface area is 215 Å². The van der Waals surface area contributed by atoms with Gasteiger partial charge in [0.15, 0.2) is 0 Å². The van der Waals surface area contributed by atoms with E-state index in [1.165, 1.54) is 22.5 Å². The second-order valence-corrected chi connectivity index (χ2v) is 10.9. The van der Waals surface area contributed by atoms with Crippen molar-refractivity contribution in [1.29, 1.82) is 0 Å². The summed E-state index contributed by atoms with van der Waals surface area (Å²) in [5, 5.41) is 14.2. The zero-order chi connectivity index (χ0) is 26.7. The molecule has 0 saturated heterocycles. The number of amides is 1. The van der Waals surface area contributed by atoms with Crippen LogP contribution in [0.2, 0.25) is 0 Å². The quantitative estimate of drug-likeness (QED) is 0.260. The summed E-state index contributed by atoms with van der Waals surface area (Å²) in [6.07, 6.45) is 1.16. The van der Waals surface area contributed by atoms with Crippen molar-refractivity contribution in [3.05, 3.63) is 94.0 Å². The molecule has 1 amide bonds. The van der Waals surface area contributed by atoms with Crippen LogP contribution >= 0.6 is 0 Å². The Morgan fingerprint density at radius 3 is 2.30 bits per heavy atom. The molecule has 37 heavy (non-hydrogen) atoms. The van der Waals surface area contributed by atoms with Gasteiger partial charge in [-0.2, -0.15) is 0 Å². The Kier molecular flexibility index (Phi) is 7.37. The standard InChI is InChI=1S/C26H27N5O5S/c1-29(2)15-16-30(37(3,35)36)20-11-9-19(10-12-20)27-25(18-7-5-4-6-8-18)24-22-17-21(31(33)34)13-14-23(22)28-26(24)32/h4-14,17,24H,15-16H2,1-3H3,(H,28,32). The maximum atomic E-state index is 13.1. The van der Waals surface area contributed by atoms with Gasteiger partial charge in [0.05, 0.1) is 28.3 Å². The lowest BCUT2D eigenvalue weighted by Gasteiger charge is -2.24. The van der Waals surface area contributed by atoms with Gasteiger partial charge in [0, 0.05) is 36.5 Å². The summed E-state index contributed by atoms with van der Waals surface area (Å²) >= 11 is 0. The topological polar surface area (TPSA) is 125 Å². The van der Waals surface area contributed by atoms with Crippen molar-refractivity contribution in [3.8, 4) is 0 Å². The fraction of sp³-hybridized carbons (Fsp3) is 0.231. The van der Waals surface area contributed by atoms with Crippen LogP contribution in [-0.2, 0) is 14.8 Å². The van der Waals surface area contributed by atoms with Crippen LogP contribution in [0.15, 0.2) is 77.8 Å². The van der Waals surface area contributed by atoms with Crippen molar-refractivity contribution in [2.75, 3.05) is 43.1 Å². The highest BCUT2D eigenvalue weighted by atomic mass is 32.2. The molecule has 1 unspecified atom stereocenters. The minimum absolute atomic E-state index is 0.115. The molecule has 192 valence electrons. The second kappa shape index (κ2) is 10.5. The highest BCUT2D eigenvalue weighted by molar-refractivity contribution is 7.92. The molecule has 1 N–H and O–H groups in total. The molecule has 0 bridgehead atoms. The minimum atomic E-state index is -3.49. The van der Waals surface area contributed by atoms with Gasteiger partial charge >= 0.3 is 0 Å². The van der Waals surface area contributed by atoms with Crippen LogP contribution in [0.3, 0.4) is 0 Å². The average molecular weight is 522 g/mol. The number of fused-ring (bicyclic) bond motifs is 1. The first-order valence-corrected chi connectivity index (χ1v) is 13.3. The number of rotatable bonds is 9. The Balaban J connectivity index is 1.76. The van der Waals surface area contributed by atoms with Crippen LogP contribution in [0.1, 0.15) is 17.0 Å². The number of benzene rings is 3. The summed E-state index contributed by atoms with van der Waals surface area (Å²) in [4.78, 5) is 30.6. The van der Waals surface area contributed by atoms with E-state index in [0.29, 0.717) is 47.0 Å². The Hall–Kier alpha value is -4.09. The molecule has 0 spiro atoms. The summed E-state index contributed by atoms with van der Waals surface area (Å²) in [5.74, 6) is -1.19. The smallest absolute Gasteiger partial charge is 0.269 e. The maximum absolute atomic E-state index is 13.1. The van der Waals surface area contributed by atoms with Crippen molar-refractivity contribution in [1.82, 2.24) is 4.90 Å². The molecule has 3 aromatic carbocycles. The van der Waals surface area contributed by atoms with Crippen LogP contribution < -0.4 is 9.62 Å². The highest BCUT2D eigenvalue weighted by Crippen LogP contribution is 2.38. The molecule has 0 aliphatic carbocycles. The summed E-state index contributed by atoms with van der Waals surface area (Å²) in [7, 11) is 0.246. The molecule has 1 aliphatic rings. The van der Waals surface area contributed by atoms with E-state index in [-0.39, 0.29) is 11.6 Å². The number of sulfonamides is 1. The molecule has 11 heteroatoms. The number of anilines is 2. The number of aliphatic imine (C=N–C) groups is 1. The molecular weight excluding hydrogens is 494 g/mol. The molecule has 1 aliphatic heterocycles. The van der Waals surface area contributed by atoms with E-state index in [2.05, 4.69) is 5.32 Å². The number of nitrogens with one attached hydrogen (secondary N) is 1. The zero-order valence-corrected chi connectivity index (χ0v) is 21.5. The van der Waals surface area contributed by atoms with Gasteiger partial charge in [-0.15, -0.1) is 0 Å². The largest absolute Gasteiger partial charge is 0.325 e. The van der Waals surface area contributed by atoms with Crippen molar-refractivity contribution in [2.45, 2.75) is 5.92 Å². The third-order valence-corrected chi connectivity index (χ3v) is 7.15. The number of hydrogen-bond acceptors (Lipinski definition) is 7. The van der Waals surface area contributed by atoms with Crippen molar-refractivity contribution >= 4 is 44.4 Å². The van der Waals surface area contributed by atoms with Gasteiger partial charge in [-0.3, -0.25) is 24.2 Å². The third kappa shape index (κ3) is 5.84. The lowest BCUT2D eigenvalue weighted by Crippen LogP contribution is -2.35. The zero-order valence-electron chi connectivity index (χ0n) is 20.7. The van der Waals surface area contributed by atoms with Gasteiger partial charge in [-0.1, -0.05) is 30.3 Å². The van der Waals surface area contributed by atoms with E-state index in [4.69, 9.17) is 4.99 Å². The molecule has 0 fully saturated rings. The first-order valence-electron chi connectivity index (χ1n) is 11.5. The van der Waals surface area contributed by atoms with Crippen molar-refractivity contribution in [2.24, 2.45) is 4.99 Å². The fourth-order valence-electron chi connectivity index (χ4n) is 4.15. The summed E-state index contributed by atoms with van der Waals surface area (Å²) in [6, 6.07) is 20.1. The number of carbonyl (C=O) groups excluding carboxylic acids is 1. The molecule has 4 rings (SSSR count). The predicted octanol–water partition coefficient (Wildman–Crippen LogP) is 3.78. The lowest BCUT2D eigenvalue weighted by molar-refractivity contribution is -0.384. The van der Waals surface area contributed by atoms with Crippen LogP contribution in [0, 0.1) is 10.1 Å². The molecule has 1 atom stereocenters. The van der Waals surface area contributed by atoms with Gasteiger partial charge < -0.3 is 10.2 Å². The van der Waals surface area contributed by atoms with Gasteiger partial charge in [-0.25, -0.2) is 8.42 Å². The summed E-state index contributed by atoms with van der Waals surface area (Å²) in [6.45, 7) is 0.842. The number of carbonyl (C=O) groups is 1. The summed E-state index contributed by atoms with van der Waals surface area (Å²) in [5.41, 5.74) is 3.00. The van der Waals surface area contributed by atoms with Gasteiger partial charge in [0.1, 0.15) is 5.92 Å². The number of non-ortho nitro benzene ring substituents is 1. The number of nitro benzene ring substituents is 1. The Morgan fingerprint density at radius 1 is 1.03 bits per heavy atom. The minimum Gasteiger partial charge on any atom is -0.325 e. The third-order valence-electron chi connectivity index (χ3n) is 5.96. The Bertz CT molecular complexity index is 1450. The lowest BCUT2D eigenvalue weighted by atomic mass is 9.90. The number of nitro groups is 1. The average Bonchev–Trinajstić information content (AvgIpc) is 3.17. The SMILES string of the molecule is CN(C)CCN(c1ccc(N=C(c2ccccc2)C2C(=O)Nc3ccc([N+](=O)[O-])cc32)cc1)S(C)(=O)=O. The highest BCUT2D eigenvalue weighted by Gasteiger charge is 2.36. The first-order chi connectivity index (χ1) is 17.5. The van der Waals surface area contributed by atoms with Crippen molar-refractivity contribution in [3.63, 3.8) is 0 Å². The first kappa shape index (κ1) is 26.0. The molecular formula is C26H27N5O5S. The van der Waals surface area contributed by atoms with Crippen LogP contribution in [0.4, 0.5) is 22.7 Å². The van der Waals surface area contributed by atoms with E-state index in [0.717, 1.165) is 6.26 Å². The molecule has 0 aromatic heterocycles. The van der Waals surface area contributed by atoms with E-state index >= 15 is 0 Å².